The van der Waals surface area contributed by atoms with Gasteiger partial charge in [-0.05, 0) is 45.4 Å². The van der Waals surface area contributed by atoms with Gasteiger partial charge in [0.2, 0.25) is 35.4 Å². The van der Waals surface area contributed by atoms with E-state index in [1.807, 2.05) is 0 Å². The van der Waals surface area contributed by atoms with Crippen LogP contribution in [0.2, 0.25) is 0 Å². The molecule has 0 spiro atoms. The van der Waals surface area contributed by atoms with Gasteiger partial charge in [0.1, 0.15) is 30.2 Å². The van der Waals surface area contributed by atoms with Gasteiger partial charge in [0.05, 0.1) is 18.9 Å². The lowest BCUT2D eigenvalue weighted by Gasteiger charge is -2.26. The SMILES string of the molecule is CC(C)C[C@H](NC(=O)[C@H](CC(N)=O)NC(=O)[C@H](Cc1cnc[nH]1)NC(=O)[C@H](C)NC(=O)CCC1CCCO1)C(=O)N[C@@H](C)C(=O)O. The Bertz CT molecular complexity index is 1220. The molecule has 0 bridgehead atoms. The Hall–Kier alpha value is -4.54. The Kier molecular flexibility index (Phi) is 15.1. The van der Waals surface area contributed by atoms with Crippen molar-refractivity contribution in [2.24, 2.45) is 11.7 Å². The molecule has 0 aliphatic carbocycles. The maximum absolute atomic E-state index is 13.5. The van der Waals surface area contributed by atoms with E-state index >= 15 is 0 Å². The second kappa shape index (κ2) is 18.4. The first-order valence-corrected chi connectivity index (χ1v) is 15.3. The molecule has 1 aliphatic rings. The van der Waals surface area contributed by atoms with Crippen LogP contribution in [0.25, 0.3) is 0 Å². The third-order valence-electron chi connectivity index (χ3n) is 7.21. The number of ether oxygens (including phenoxy) is 1. The molecule has 46 heavy (non-hydrogen) atoms. The van der Waals surface area contributed by atoms with Gasteiger partial charge in [-0.15, -0.1) is 0 Å². The number of primary amides is 1. The first-order valence-electron chi connectivity index (χ1n) is 15.3. The van der Waals surface area contributed by atoms with Gasteiger partial charge in [0, 0.05) is 31.3 Å². The quantitative estimate of drug-likeness (QED) is 0.0848. The predicted octanol–water partition coefficient (Wildman–Crippen LogP) is -1.62. The number of imidazole rings is 1. The van der Waals surface area contributed by atoms with Crippen molar-refractivity contribution in [1.29, 1.82) is 0 Å². The number of aliphatic carboxylic acids is 1. The van der Waals surface area contributed by atoms with Crippen LogP contribution < -0.4 is 32.3 Å². The van der Waals surface area contributed by atoms with Crippen molar-refractivity contribution in [3.63, 3.8) is 0 Å². The normalized spacial score (nSPS) is 17.5. The summed E-state index contributed by atoms with van der Waals surface area (Å²) in [5.41, 5.74) is 5.81. The van der Waals surface area contributed by atoms with Crippen molar-refractivity contribution in [3.05, 3.63) is 18.2 Å². The van der Waals surface area contributed by atoms with E-state index in [-0.39, 0.29) is 37.2 Å². The van der Waals surface area contributed by atoms with Gasteiger partial charge in [-0.1, -0.05) is 13.8 Å². The van der Waals surface area contributed by atoms with E-state index in [0.29, 0.717) is 18.7 Å². The molecule has 0 aromatic carbocycles. The first kappa shape index (κ1) is 37.6. The lowest BCUT2D eigenvalue weighted by molar-refractivity contribution is -0.142. The van der Waals surface area contributed by atoms with Crippen LogP contribution in [0.3, 0.4) is 0 Å². The third-order valence-corrected chi connectivity index (χ3v) is 7.21. The standard InChI is InChI=1S/C29H46N8O9/c1-15(2)10-20(26(41)34-17(4)29(44)45)36-28(43)22(12-23(30)38)37-27(42)21(11-18-13-31-14-32-18)35-25(40)16(3)33-24(39)8-7-19-6-5-9-46-19/h13-17,19-22H,5-12H2,1-4H3,(H2,30,38)(H,31,32)(H,33,39)(H,34,41)(H,35,40)(H,36,43)(H,37,42)(H,44,45)/t16-,17-,19?,20-,21-,22-/m0/s1. The van der Waals surface area contributed by atoms with Gasteiger partial charge >= 0.3 is 5.97 Å². The lowest BCUT2D eigenvalue weighted by Crippen LogP contribution is -2.59. The van der Waals surface area contributed by atoms with Crippen molar-refractivity contribution < 1.29 is 43.4 Å². The topological polar surface area (TPSA) is 264 Å². The number of carbonyl (C=O) groups excluding carboxylic acids is 6. The summed E-state index contributed by atoms with van der Waals surface area (Å²) in [6, 6.07) is -6.26. The number of carboxylic acids is 1. The number of aromatic amines is 1. The second-order valence-corrected chi connectivity index (χ2v) is 11.8. The highest BCUT2D eigenvalue weighted by molar-refractivity contribution is 5.97. The summed E-state index contributed by atoms with van der Waals surface area (Å²) >= 11 is 0. The molecule has 1 aromatic rings. The summed E-state index contributed by atoms with van der Waals surface area (Å²) in [4.78, 5) is 94.8. The van der Waals surface area contributed by atoms with Gasteiger partial charge < -0.3 is 47.1 Å². The highest BCUT2D eigenvalue weighted by Crippen LogP contribution is 2.16. The summed E-state index contributed by atoms with van der Waals surface area (Å²) in [6.07, 6.45) is 4.70. The maximum Gasteiger partial charge on any atom is 0.325 e. The smallest absolute Gasteiger partial charge is 0.325 e. The van der Waals surface area contributed by atoms with E-state index in [2.05, 4.69) is 36.6 Å². The zero-order valence-corrected chi connectivity index (χ0v) is 26.6. The number of H-pyrrole nitrogens is 1. The van der Waals surface area contributed by atoms with Gasteiger partial charge in [0.25, 0.3) is 0 Å². The molecule has 1 aromatic heterocycles. The molecule has 1 aliphatic heterocycles. The Morgan fingerprint density at radius 3 is 2.11 bits per heavy atom. The molecule has 17 heteroatoms. The molecule has 0 saturated carbocycles. The highest BCUT2D eigenvalue weighted by Gasteiger charge is 2.33. The predicted molar refractivity (Wildman–Crippen MR) is 162 cm³/mol. The number of hydrogen-bond donors (Lipinski definition) is 8. The third kappa shape index (κ3) is 13.2. The molecule has 6 atom stereocenters. The number of hydrogen-bond acceptors (Lipinski definition) is 9. The van der Waals surface area contributed by atoms with Crippen LogP contribution in [0.4, 0.5) is 0 Å². The Balaban J connectivity index is 2.14. The van der Waals surface area contributed by atoms with Crippen LogP contribution in [-0.4, -0.2) is 99.4 Å². The average molecular weight is 651 g/mol. The summed E-state index contributed by atoms with van der Waals surface area (Å²) in [5.74, 6) is -5.89. The molecule has 2 rings (SSSR count). The fraction of sp³-hybridized carbons (Fsp3) is 0.655. The van der Waals surface area contributed by atoms with Crippen LogP contribution in [0.1, 0.15) is 71.9 Å². The molecule has 2 heterocycles. The number of nitrogens with zero attached hydrogens (tertiary/aromatic N) is 1. The van der Waals surface area contributed by atoms with Gasteiger partial charge in [-0.2, -0.15) is 0 Å². The minimum Gasteiger partial charge on any atom is -0.480 e. The largest absolute Gasteiger partial charge is 0.480 e. The van der Waals surface area contributed by atoms with E-state index in [1.165, 1.54) is 26.4 Å². The van der Waals surface area contributed by atoms with Crippen LogP contribution in [-0.2, 0) is 44.7 Å². The van der Waals surface area contributed by atoms with E-state index < -0.39 is 72.1 Å². The average Bonchev–Trinajstić information content (AvgIpc) is 3.69. The van der Waals surface area contributed by atoms with E-state index in [0.717, 1.165) is 12.8 Å². The first-order chi connectivity index (χ1) is 21.7. The summed E-state index contributed by atoms with van der Waals surface area (Å²) in [5, 5.41) is 21.5. The van der Waals surface area contributed by atoms with E-state index in [1.54, 1.807) is 13.8 Å². The van der Waals surface area contributed by atoms with Gasteiger partial charge in [-0.3, -0.25) is 33.6 Å². The molecular weight excluding hydrogens is 604 g/mol. The monoisotopic (exact) mass is 650 g/mol. The molecule has 0 radical (unpaired) electrons. The Morgan fingerprint density at radius 2 is 1.54 bits per heavy atom. The van der Waals surface area contributed by atoms with Crippen LogP contribution >= 0.6 is 0 Å². The van der Waals surface area contributed by atoms with Crippen molar-refractivity contribution in [1.82, 2.24) is 36.6 Å². The Morgan fingerprint density at radius 1 is 0.913 bits per heavy atom. The zero-order valence-electron chi connectivity index (χ0n) is 26.6. The summed E-state index contributed by atoms with van der Waals surface area (Å²) < 4.78 is 5.52. The molecule has 1 fully saturated rings. The van der Waals surface area contributed by atoms with Gasteiger partial charge in [-0.25, -0.2) is 4.98 Å². The van der Waals surface area contributed by atoms with Crippen molar-refractivity contribution in [2.45, 2.75) is 109 Å². The summed E-state index contributed by atoms with van der Waals surface area (Å²) in [6.45, 7) is 6.94. The fourth-order valence-corrected chi connectivity index (χ4v) is 4.70. The van der Waals surface area contributed by atoms with Crippen molar-refractivity contribution in [3.8, 4) is 0 Å². The number of nitrogens with one attached hydrogen (secondary N) is 6. The number of carboxylic acid groups (broad SMARTS) is 1. The van der Waals surface area contributed by atoms with Gasteiger partial charge in [0.15, 0.2) is 0 Å². The molecule has 1 saturated heterocycles. The minimum atomic E-state index is -1.54. The van der Waals surface area contributed by atoms with E-state index in [4.69, 9.17) is 15.6 Å². The van der Waals surface area contributed by atoms with Crippen LogP contribution in [0.15, 0.2) is 12.5 Å². The molecular formula is C29H46N8O9. The summed E-state index contributed by atoms with van der Waals surface area (Å²) in [7, 11) is 0. The molecule has 256 valence electrons. The molecule has 9 N–H and O–H groups in total. The van der Waals surface area contributed by atoms with Crippen LogP contribution in [0.5, 0.6) is 0 Å². The zero-order chi connectivity index (χ0) is 34.4. The van der Waals surface area contributed by atoms with Crippen LogP contribution in [0, 0.1) is 5.92 Å². The number of nitrogens with two attached hydrogens (primary N) is 1. The van der Waals surface area contributed by atoms with Crippen molar-refractivity contribution in [2.75, 3.05) is 6.61 Å². The molecule has 1 unspecified atom stereocenters. The van der Waals surface area contributed by atoms with Crippen molar-refractivity contribution >= 4 is 41.4 Å². The Labute approximate surface area is 266 Å². The molecule has 17 nitrogen and oxygen atoms in total. The number of rotatable bonds is 19. The highest BCUT2D eigenvalue weighted by atomic mass is 16.5. The maximum atomic E-state index is 13.5. The fourth-order valence-electron chi connectivity index (χ4n) is 4.70. The second-order valence-electron chi connectivity index (χ2n) is 11.8. The number of carbonyl (C=O) groups is 7. The van der Waals surface area contributed by atoms with E-state index in [9.17, 15) is 33.6 Å². The lowest BCUT2D eigenvalue weighted by atomic mass is 10.0. The number of amides is 6. The number of aromatic nitrogens is 2. The molecule has 6 amide bonds. The minimum absolute atomic E-state index is 0.00579.